The molecule has 0 aromatic heterocycles. The maximum absolute atomic E-state index is 4.23. The minimum Gasteiger partial charge on any atom is -0.363 e. The second-order valence-corrected chi connectivity index (χ2v) is 5.44. The Morgan fingerprint density at radius 3 is 1.68 bits per heavy atom. The van der Waals surface area contributed by atoms with Crippen LogP contribution in [0, 0.1) is 0 Å². The molecule has 0 radical (unpaired) electrons. The molecule has 0 aliphatic carbocycles. The van der Waals surface area contributed by atoms with Crippen molar-refractivity contribution >= 4 is 5.71 Å². The molecule has 0 N–H and O–H groups in total. The number of nitrogens with zero attached hydrogens (tertiary/aromatic N) is 7. The number of hydrogen-bond acceptors (Lipinski definition) is 7. The van der Waals surface area contributed by atoms with Crippen molar-refractivity contribution in [1.29, 1.82) is 0 Å². The smallest absolute Gasteiger partial charge is 0.154 e. The van der Waals surface area contributed by atoms with E-state index in [4.69, 9.17) is 0 Å². The Bertz CT molecular complexity index is 386. The van der Waals surface area contributed by atoms with E-state index in [-0.39, 0.29) is 6.17 Å². The fourth-order valence-electron chi connectivity index (χ4n) is 2.32. The zero-order valence-corrected chi connectivity index (χ0v) is 13.2. The van der Waals surface area contributed by atoms with Crippen molar-refractivity contribution in [3.8, 4) is 0 Å². The molecule has 1 aliphatic heterocycles. The first kappa shape index (κ1) is 15.6. The van der Waals surface area contributed by atoms with Gasteiger partial charge in [0.1, 0.15) is 17.7 Å². The summed E-state index contributed by atoms with van der Waals surface area (Å²) >= 11 is 0. The molecule has 0 fully saturated rings. The van der Waals surface area contributed by atoms with Crippen molar-refractivity contribution in [3.05, 3.63) is 11.5 Å². The molecule has 0 aromatic rings. The van der Waals surface area contributed by atoms with Gasteiger partial charge >= 0.3 is 0 Å². The van der Waals surface area contributed by atoms with Crippen molar-refractivity contribution in [2.75, 3.05) is 56.4 Å². The lowest BCUT2D eigenvalue weighted by atomic mass is 10.2. The summed E-state index contributed by atoms with van der Waals surface area (Å²) in [6, 6.07) is 0. The second kappa shape index (κ2) is 6.12. The van der Waals surface area contributed by atoms with Gasteiger partial charge in [-0.25, -0.2) is 0 Å². The predicted octanol–water partition coefficient (Wildman–Crippen LogP) is 0.550. The Labute approximate surface area is 115 Å². The molecule has 0 atom stereocenters. The molecule has 0 bridgehead atoms. The third-order valence-corrected chi connectivity index (χ3v) is 2.82. The average molecular weight is 267 g/mol. The molecule has 1 heterocycles. The van der Waals surface area contributed by atoms with Crippen LogP contribution >= 0.6 is 0 Å². The molecule has 0 saturated carbocycles. The monoisotopic (exact) mass is 267 g/mol. The summed E-state index contributed by atoms with van der Waals surface area (Å²) in [5, 5.41) is 12.3. The molecule has 1 rings (SSSR count). The highest BCUT2D eigenvalue weighted by atomic mass is 15.5. The average Bonchev–Trinajstić information content (AvgIpc) is 2.64. The summed E-state index contributed by atoms with van der Waals surface area (Å²) in [4.78, 5) is 8.24. The van der Waals surface area contributed by atoms with Crippen LogP contribution in [0.1, 0.15) is 0 Å². The summed E-state index contributed by atoms with van der Waals surface area (Å²) in [6.07, 6.45) is 0.0416. The highest BCUT2D eigenvalue weighted by molar-refractivity contribution is 6.04. The van der Waals surface area contributed by atoms with E-state index in [0.717, 1.165) is 17.2 Å². The van der Waals surface area contributed by atoms with Gasteiger partial charge in [-0.2, -0.15) is 0 Å². The normalized spacial score (nSPS) is 14.7. The molecule has 0 unspecified atom stereocenters. The van der Waals surface area contributed by atoms with Gasteiger partial charge in [-0.1, -0.05) is 0 Å². The van der Waals surface area contributed by atoms with Crippen LogP contribution in [0.15, 0.2) is 27.0 Å². The number of hydrogen-bond donors (Lipinski definition) is 0. The first-order valence-electron chi connectivity index (χ1n) is 6.18. The van der Waals surface area contributed by atoms with Crippen LogP contribution < -0.4 is 0 Å². The zero-order chi connectivity index (χ0) is 14.7. The van der Waals surface area contributed by atoms with E-state index in [1.165, 1.54) is 0 Å². The first-order chi connectivity index (χ1) is 8.77. The van der Waals surface area contributed by atoms with Gasteiger partial charge in [-0.15, -0.1) is 10.2 Å². The van der Waals surface area contributed by atoms with Crippen molar-refractivity contribution < 1.29 is 0 Å². The van der Waals surface area contributed by atoms with Gasteiger partial charge in [0.25, 0.3) is 0 Å². The standard InChI is InChI=1S/C12H25N7/c1-16(2)11(17(3)4)9-10(14-15-13-9)12(18(5)6)19(7)8/h11H,1-8H3. The minimum atomic E-state index is 0.0416. The van der Waals surface area contributed by atoms with E-state index >= 15 is 0 Å². The first-order valence-corrected chi connectivity index (χ1v) is 6.18. The molecule has 1 aliphatic rings. The van der Waals surface area contributed by atoms with Crippen LogP contribution in [0.3, 0.4) is 0 Å². The lowest BCUT2D eigenvalue weighted by Crippen LogP contribution is -2.47. The number of rotatable bonds is 5. The van der Waals surface area contributed by atoms with Gasteiger partial charge in [0.05, 0.1) is 0 Å². The van der Waals surface area contributed by atoms with Crippen LogP contribution in [-0.2, 0) is 0 Å². The van der Waals surface area contributed by atoms with E-state index in [2.05, 4.69) is 25.2 Å². The van der Waals surface area contributed by atoms with Crippen LogP contribution in [0.25, 0.3) is 0 Å². The Balaban J connectivity index is 3.26. The van der Waals surface area contributed by atoms with Gasteiger partial charge in [0.15, 0.2) is 5.70 Å². The van der Waals surface area contributed by atoms with Crippen molar-refractivity contribution in [3.63, 3.8) is 0 Å². The van der Waals surface area contributed by atoms with Gasteiger partial charge in [0, 0.05) is 28.2 Å². The fraction of sp³-hybridized carbons (Fsp3) is 0.750. The summed E-state index contributed by atoms with van der Waals surface area (Å²) in [5.74, 6) is 0.994. The maximum atomic E-state index is 4.23. The van der Waals surface area contributed by atoms with Gasteiger partial charge in [0.2, 0.25) is 0 Å². The van der Waals surface area contributed by atoms with Gasteiger partial charge in [-0.05, 0) is 33.4 Å². The van der Waals surface area contributed by atoms with Crippen molar-refractivity contribution in [1.82, 2.24) is 19.6 Å². The Hall–Kier alpha value is -1.47. The fourth-order valence-corrected chi connectivity index (χ4v) is 2.32. The van der Waals surface area contributed by atoms with Crippen LogP contribution in [0.4, 0.5) is 0 Å². The maximum Gasteiger partial charge on any atom is 0.154 e. The second-order valence-electron chi connectivity index (χ2n) is 5.44. The highest BCUT2D eigenvalue weighted by Crippen LogP contribution is 2.22. The van der Waals surface area contributed by atoms with Crippen LogP contribution in [0.5, 0.6) is 0 Å². The predicted molar refractivity (Wildman–Crippen MR) is 77.9 cm³/mol. The van der Waals surface area contributed by atoms with Crippen LogP contribution in [-0.4, -0.2) is 87.9 Å². The summed E-state index contributed by atoms with van der Waals surface area (Å²) in [5.41, 5.74) is 1.69. The molecular weight excluding hydrogens is 242 g/mol. The SMILES string of the molecule is CN(C)C(=C1N=NN=C1C(N(C)C)N(C)C)N(C)C. The molecular formula is C12H25N7. The molecule has 0 spiro atoms. The Morgan fingerprint density at radius 2 is 1.32 bits per heavy atom. The molecule has 7 heteroatoms. The quantitative estimate of drug-likeness (QED) is 0.683. The minimum absolute atomic E-state index is 0.0416. The lowest BCUT2D eigenvalue weighted by Gasteiger charge is -2.32. The molecule has 0 saturated heterocycles. The largest absolute Gasteiger partial charge is 0.363 e. The highest BCUT2D eigenvalue weighted by Gasteiger charge is 2.30. The molecule has 108 valence electrons. The van der Waals surface area contributed by atoms with Crippen molar-refractivity contribution in [2.45, 2.75) is 6.17 Å². The topological polar surface area (TPSA) is 50.0 Å². The molecule has 0 aromatic carbocycles. The molecule has 0 amide bonds. The third kappa shape index (κ3) is 3.30. The molecule has 19 heavy (non-hydrogen) atoms. The summed E-state index contributed by atoms with van der Waals surface area (Å²) in [6.45, 7) is 0. The van der Waals surface area contributed by atoms with E-state index < -0.39 is 0 Å². The Kier molecular flexibility index (Phi) is 5.02. The summed E-state index contributed by atoms with van der Waals surface area (Å²) in [7, 11) is 16.1. The van der Waals surface area contributed by atoms with Gasteiger partial charge in [-0.3, -0.25) is 9.80 Å². The van der Waals surface area contributed by atoms with E-state index in [9.17, 15) is 0 Å². The molecule has 7 nitrogen and oxygen atoms in total. The van der Waals surface area contributed by atoms with E-state index in [1.807, 2.05) is 66.2 Å². The lowest BCUT2D eigenvalue weighted by molar-refractivity contribution is 0.191. The zero-order valence-electron chi connectivity index (χ0n) is 13.2. The third-order valence-electron chi connectivity index (χ3n) is 2.82. The summed E-state index contributed by atoms with van der Waals surface area (Å²) < 4.78 is 0. The van der Waals surface area contributed by atoms with E-state index in [1.54, 1.807) is 0 Å². The van der Waals surface area contributed by atoms with Gasteiger partial charge < -0.3 is 9.80 Å². The Morgan fingerprint density at radius 1 is 0.842 bits per heavy atom. The van der Waals surface area contributed by atoms with Crippen molar-refractivity contribution in [2.24, 2.45) is 15.4 Å². The van der Waals surface area contributed by atoms with E-state index in [0.29, 0.717) is 0 Å². The van der Waals surface area contributed by atoms with Crippen LogP contribution in [0.2, 0.25) is 0 Å².